The number of hydrogen-bond donors (Lipinski definition) is 1. The van der Waals surface area contributed by atoms with Gasteiger partial charge < -0.3 is 5.32 Å². The van der Waals surface area contributed by atoms with Gasteiger partial charge in [-0.15, -0.1) is 17.8 Å². The maximum Gasteiger partial charge on any atom is 0.0763 e. The van der Waals surface area contributed by atoms with E-state index in [1.54, 1.807) is 0 Å². The van der Waals surface area contributed by atoms with E-state index in [1.165, 1.54) is 72.4 Å². The fourth-order valence-corrected chi connectivity index (χ4v) is 5.63. The van der Waals surface area contributed by atoms with Crippen molar-refractivity contribution in [2.45, 2.75) is 119 Å². The Morgan fingerprint density at radius 1 is 0.971 bits per heavy atom. The summed E-state index contributed by atoms with van der Waals surface area (Å²) in [6.07, 6.45) is 17.4. The van der Waals surface area contributed by atoms with Crippen molar-refractivity contribution < 1.29 is 0 Å². The summed E-state index contributed by atoms with van der Waals surface area (Å²) < 4.78 is 0. The first-order chi connectivity index (χ1) is 16.0. The first-order valence-electron chi connectivity index (χ1n) is 13.6. The third-order valence-electron chi connectivity index (χ3n) is 6.77. The van der Waals surface area contributed by atoms with Crippen molar-refractivity contribution >= 4 is 17.0 Å². The number of hydrogen-bond acceptors (Lipinski definition) is 2. The summed E-state index contributed by atoms with van der Waals surface area (Å²) in [7, 11) is 0. The van der Waals surface area contributed by atoms with Crippen molar-refractivity contribution in [2.75, 3.05) is 6.54 Å². The van der Waals surface area contributed by atoms with Crippen LogP contribution in [0.25, 0.3) is 5.70 Å². The van der Waals surface area contributed by atoms with E-state index >= 15 is 0 Å². The van der Waals surface area contributed by atoms with Crippen LogP contribution >= 0.6 is 11.3 Å². The van der Waals surface area contributed by atoms with Crippen LogP contribution in [0, 0.1) is 30.1 Å². The highest BCUT2D eigenvalue weighted by atomic mass is 32.1. The molecule has 0 aromatic carbocycles. The first kappa shape index (κ1) is 30.6. The van der Waals surface area contributed by atoms with E-state index in [-0.39, 0.29) is 5.41 Å². The predicted octanol–water partition coefficient (Wildman–Crippen LogP) is 9.99. The van der Waals surface area contributed by atoms with Crippen LogP contribution in [-0.4, -0.2) is 6.54 Å². The van der Waals surface area contributed by atoms with Crippen molar-refractivity contribution in [2.24, 2.45) is 17.8 Å². The topological polar surface area (TPSA) is 12.0 Å². The molecule has 0 aliphatic carbocycles. The smallest absolute Gasteiger partial charge is 0.0763 e. The second-order valence-corrected chi connectivity index (χ2v) is 13.0. The third-order valence-corrected chi connectivity index (χ3v) is 8.30. The van der Waals surface area contributed by atoms with E-state index in [9.17, 15) is 0 Å². The number of terminal acetylenes is 1. The maximum absolute atomic E-state index is 5.60. The third kappa shape index (κ3) is 11.8. The zero-order valence-electron chi connectivity index (χ0n) is 23.7. The molecule has 1 heterocycles. The van der Waals surface area contributed by atoms with E-state index in [0.717, 1.165) is 29.7 Å². The van der Waals surface area contributed by atoms with Gasteiger partial charge in [-0.2, -0.15) is 0 Å². The fraction of sp³-hybridized carbons (Fsp3) is 0.688. The molecule has 1 rings (SSSR count). The van der Waals surface area contributed by atoms with Crippen LogP contribution in [0.4, 0.5) is 0 Å². The average Bonchev–Trinajstić information content (AvgIpc) is 3.23. The molecule has 2 atom stereocenters. The van der Waals surface area contributed by atoms with Crippen molar-refractivity contribution in [3.05, 3.63) is 39.6 Å². The molecule has 0 aliphatic rings. The highest BCUT2D eigenvalue weighted by Gasteiger charge is 2.19. The normalized spacial score (nSPS) is 14.5. The van der Waals surface area contributed by atoms with Gasteiger partial charge in [0.05, 0.1) is 17.1 Å². The van der Waals surface area contributed by atoms with Crippen molar-refractivity contribution in [3.63, 3.8) is 0 Å². The number of nitrogens with one attached hydrogen (secondary N) is 1. The lowest BCUT2D eigenvalue weighted by molar-refractivity contribution is 0.389. The van der Waals surface area contributed by atoms with Crippen LogP contribution in [0.2, 0.25) is 0 Å². The zero-order chi connectivity index (χ0) is 25.7. The van der Waals surface area contributed by atoms with Crippen molar-refractivity contribution in [1.29, 1.82) is 0 Å². The Morgan fingerprint density at radius 3 is 2.00 bits per heavy atom. The second-order valence-electron chi connectivity index (χ2n) is 12.0. The molecule has 0 fully saturated rings. The average molecular weight is 484 g/mol. The molecule has 2 unspecified atom stereocenters. The van der Waals surface area contributed by atoms with Crippen LogP contribution in [-0.2, 0) is 5.41 Å². The quantitative estimate of drug-likeness (QED) is 0.182. The molecular formula is C32H53NS. The molecule has 1 N–H and O–H groups in total. The Morgan fingerprint density at radius 2 is 1.53 bits per heavy atom. The molecule has 0 radical (unpaired) electrons. The molecule has 1 aromatic heterocycles. The predicted molar refractivity (Wildman–Crippen MR) is 156 cm³/mol. The lowest BCUT2D eigenvalue weighted by atomic mass is 9.90. The molecule has 34 heavy (non-hydrogen) atoms. The lowest BCUT2D eigenvalue weighted by Crippen LogP contribution is -2.14. The van der Waals surface area contributed by atoms with Gasteiger partial charge in [-0.05, 0) is 60.6 Å². The molecule has 1 nitrogen and oxygen atoms in total. The summed E-state index contributed by atoms with van der Waals surface area (Å²) >= 11 is 1.87. The molecule has 0 amide bonds. The van der Waals surface area contributed by atoms with Crippen LogP contribution < -0.4 is 5.32 Å². The van der Waals surface area contributed by atoms with Crippen molar-refractivity contribution in [1.82, 2.24) is 5.32 Å². The molecule has 0 bridgehead atoms. The molecule has 192 valence electrons. The van der Waals surface area contributed by atoms with E-state index in [4.69, 9.17) is 6.42 Å². The van der Waals surface area contributed by atoms with E-state index in [1.807, 2.05) is 11.3 Å². The van der Waals surface area contributed by atoms with E-state index in [2.05, 4.69) is 85.3 Å². The summed E-state index contributed by atoms with van der Waals surface area (Å²) in [5, 5.41) is 3.53. The fourth-order valence-electron chi connectivity index (χ4n) is 4.51. The molecule has 0 saturated carbocycles. The van der Waals surface area contributed by atoms with Crippen LogP contribution in [0.1, 0.15) is 123 Å². The molecular weight excluding hydrogens is 430 g/mol. The van der Waals surface area contributed by atoms with Gasteiger partial charge in [-0.3, -0.25) is 0 Å². The second kappa shape index (κ2) is 15.5. The summed E-state index contributed by atoms with van der Waals surface area (Å²) in [4.78, 5) is 2.67. The van der Waals surface area contributed by atoms with Crippen LogP contribution in [0.5, 0.6) is 0 Å². The summed E-state index contributed by atoms with van der Waals surface area (Å²) in [6, 6.07) is 4.51. The molecule has 2 heteroatoms. The Balaban J connectivity index is 2.68. The Bertz CT molecular complexity index is 796. The van der Waals surface area contributed by atoms with Gasteiger partial charge in [0.2, 0.25) is 0 Å². The monoisotopic (exact) mass is 483 g/mol. The Hall–Kier alpha value is -1.46. The van der Waals surface area contributed by atoms with Crippen molar-refractivity contribution in [3.8, 4) is 12.3 Å². The molecule has 0 aliphatic heterocycles. The minimum atomic E-state index is 0.158. The summed E-state index contributed by atoms with van der Waals surface area (Å²) in [6.45, 7) is 23.3. The lowest BCUT2D eigenvalue weighted by Gasteiger charge is -2.18. The summed E-state index contributed by atoms with van der Waals surface area (Å²) in [5.74, 6) is 5.25. The van der Waals surface area contributed by atoms with Gasteiger partial charge in [0.25, 0.3) is 0 Å². The van der Waals surface area contributed by atoms with E-state index in [0.29, 0.717) is 6.54 Å². The van der Waals surface area contributed by atoms with Gasteiger partial charge in [-0.1, -0.05) is 111 Å². The maximum atomic E-state index is 5.60. The van der Waals surface area contributed by atoms with Gasteiger partial charge in [-0.25, -0.2) is 0 Å². The standard InChI is InChI=1S/C32H53NS/c1-11-23-33-31(29-21-22-30(34-29)32(8,9)10)28(25(4)5)20-14-19-27(7)18-13-17-26(6)16-12-15-24(2)3/h1,21-22,24,26-27,33H,4,12-20,23H2,2-3,5-10H3/b31-28+. The minimum Gasteiger partial charge on any atom is -0.373 e. The molecule has 1 aromatic rings. The summed E-state index contributed by atoms with van der Waals surface area (Å²) in [5.41, 5.74) is 3.83. The van der Waals surface area contributed by atoms with Gasteiger partial charge >= 0.3 is 0 Å². The molecule has 0 saturated heterocycles. The number of allylic oxidation sites excluding steroid dienone is 2. The number of thiophene rings is 1. The Kier molecular flexibility index (Phi) is 14.0. The Labute approximate surface area is 216 Å². The van der Waals surface area contributed by atoms with Crippen LogP contribution in [0.15, 0.2) is 29.9 Å². The number of rotatable bonds is 16. The van der Waals surface area contributed by atoms with Gasteiger partial charge in [0, 0.05) is 4.88 Å². The minimum absolute atomic E-state index is 0.158. The first-order valence-corrected chi connectivity index (χ1v) is 14.4. The SMILES string of the molecule is C#CCN/C(=C(\CCCC(C)CCCC(C)CCCC(C)C)C(=C)C)c1ccc(C(C)(C)C)s1. The highest BCUT2D eigenvalue weighted by molar-refractivity contribution is 7.13. The van der Waals surface area contributed by atoms with Gasteiger partial charge in [0.1, 0.15) is 0 Å². The highest BCUT2D eigenvalue weighted by Crippen LogP contribution is 2.35. The molecule has 0 spiro atoms. The zero-order valence-corrected chi connectivity index (χ0v) is 24.5. The van der Waals surface area contributed by atoms with Crippen LogP contribution in [0.3, 0.4) is 0 Å². The van der Waals surface area contributed by atoms with Gasteiger partial charge in [0.15, 0.2) is 0 Å². The largest absolute Gasteiger partial charge is 0.373 e. The van der Waals surface area contributed by atoms with E-state index < -0.39 is 0 Å².